The van der Waals surface area contributed by atoms with Crippen molar-refractivity contribution in [3.63, 3.8) is 0 Å². The van der Waals surface area contributed by atoms with Crippen LogP contribution in [0.25, 0.3) is 0 Å². The van der Waals surface area contributed by atoms with Crippen LogP contribution in [0.2, 0.25) is 0 Å². The Morgan fingerprint density at radius 3 is 2.78 bits per heavy atom. The molecule has 0 radical (unpaired) electrons. The van der Waals surface area contributed by atoms with Crippen molar-refractivity contribution >= 4 is 24.1 Å². The van der Waals surface area contributed by atoms with Crippen LogP contribution in [0.15, 0.2) is 21.7 Å². The second kappa shape index (κ2) is 8.65. The summed E-state index contributed by atoms with van der Waals surface area (Å²) < 4.78 is 10.3. The number of esters is 1. The maximum atomic E-state index is 12.5. The zero-order valence-corrected chi connectivity index (χ0v) is 14.9. The topological polar surface area (TPSA) is 118 Å². The number of nitrogens with zero attached hydrogens (tertiary/aromatic N) is 4. The van der Waals surface area contributed by atoms with Crippen LogP contribution >= 0.6 is 0 Å². The Kier molecular flexibility index (Phi) is 6.05. The summed E-state index contributed by atoms with van der Waals surface area (Å²) in [7, 11) is 0. The van der Waals surface area contributed by atoms with Gasteiger partial charge < -0.3 is 9.15 Å². The molecule has 146 valence electrons. The largest absolute Gasteiger partial charge is 0.444 e. The van der Waals surface area contributed by atoms with E-state index < -0.39 is 10.8 Å². The summed E-state index contributed by atoms with van der Waals surface area (Å²) in [6.07, 6.45) is 6.84. The molecule has 1 saturated carbocycles. The Bertz CT molecular complexity index is 725. The fourth-order valence-electron chi connectivity index (χ4n) is 3.23. The average molecular weight is 378 g/mol. The van der Waals surface area contributed by atoms with Gasteiger partial charge in [0.15, 0.2) is 12.5 Å². The molecule has 3 rings (SSSR count). The maximum absolute atomic E-state index is 12.5. The van der Waals surface area contributed by atoms with Crippen LogP contribution in [-0.2, 0) is 9.53 Å². The van der Waals surface area contributed by atoms with Gasteiger partial charge in [-0.25, -0.2) is 9.80 Å². The van der Waals surface area contributed by atoms with E-state index in [0.717, 1.165) is 32.1 Å². The number of hydrogen-bond donors (Lipinski definition) is 0. The number of amides is 2. The van der Waals surface area contributed by atoms with Crippen LogP contribution in [0.5, 0.6) is 0 Å². The average Bonchev–Trinajstić information content (AvgIpc) is 3.16. The highest BCUT2D eigenvalue weighted by atomic mass is 16.6. The standard InChI is InChI=1S/C17H22N4O6/c22-16(13-5-2-1-3-6-13)26-12-19-9-4-10-20(17(19)23)18-11-14-7-8-15(27-14)21(24)25/h7-8,11,13H,1-6,9-10,12H2/b18-11+. The molecule has 0 bridgehead atoms. The third-order valence-corrected chi connectivity index (χ3v) is 4.71. The molecule has 0 unspecified atom stereocenters. The first-order valence-corrected chi connectivity index (χ1v) is 9.06. The smallest absolute Gasteiger partial charge is 0.433 e. The van der Waals surface area contributed by atoms with Gasteiger partial charge in [-0.3, -0.25) is 19.8 Å². The van der Waals surface area contributed by atoms with Gasteiger partial charge in [-0.15, -0.1) is 0 Å². The van der Waals surface area contributed by atoms with Crippen molar-refractivity contribution in [1.82, 2.24) is 9.91 Å². The van der Waals surface area contributed by atoms with Crippen molar-refractivity contribution in [2.45, 2.75) is 38.5 Å². The van der Waals surface area contributed by atoms with Gasteiger partial charge in [0, 0.05) is 13.1 Å². The molecule has 1 aliphatic carbocycles. The van der Waals surface area contributed by atoms with E-state index in [1.54, 1.807) is 0 Å². The van der Waals surface area contributed by atoms with Crippen LogP contribution in [-0.4, -0.2) is 52.9 Å². The summed E-state index contributed by atoms with van der Waals surface area (Å²) in [6, 6.07) is 2.24. The molecule has 2 fully saturated rings. The number of carbonyl (C=O) groups is 2. The molecule has 10 heteroatoms. The lowest BCUT2D eigenvalue weighted by molar-refractivity contribution is -0.402. The molecule has 27 heavy (non-hydrogen) atoms. The van der Waals surface area contributed by atoms with Crippen molar-refractivity contribution in [3.05, 3.63) is 28.0 Å². The second-order valence-corrected chi connectivity index (χ2v) is 6.63. The maximum Gasteiger partial charge on any atom is 0.433 e. The number of hydrogen-bond acceptors (Lipinski definition) is 7. The minimum absolute atomic E-state index is 0.0671. The summed E-state index contributed by atoms with van der Waals surface area (Å²) in [5.41, 5.74) is 0. The van der Waals surface area contributed by atoms with Crippen LogP contribution in [0.1, 0.15) is 44.3 Å². The Hall–Kier alpha value is -2.91. The molecule has 10 nitrogen and oxygen atoms in total. The predicted molar refractivity (Wildman–Crippen MR) is 93.9 cm³/mol. The quantitative estimate of drug-likeness (QED) is 0.325. The summed E-state index contributed by atoms with van der Waals surface area (Å²) in [4.78, 5) is 36.0. The fraction of sp³-hybridized carbons (Fsp3) is 0.588. The summed E-state index contributed by atoms with van der Waals surface area (Å²) in [5.74, 6) is -0.526. The van der Waals surface area contributed by atoms with Gasteiger partial charge in [-0.2, -0.15) is 5.10 Å². The van der Waals surface area contributed by atoms with E-state index in [1.807, 2.05) is 0 Å². The number of hydrazone groups is 1. The van der Waals surface area contributed by atoms with Crippen LogP contribution in [0, 0.1) is 16.0 Å². The Morgan fingerprint density at radius 2 is 2.07 bits per heavy atom. The molecule has 0 aromatic carbocycles. The lowest BCUT2D eigenvalue weighted by Crippen LogP contribution is -2.48. The molecule has 1 saturated heterocycles. The number of furan rings is 1. The van der Waals surface area contributed by atoms with E-state index in [2.05, 4.69) is 5.10 Å². The number of nitro groups is 1. The van der Waals surface area contributed by atoms with Gasteiger partial charge in [0.05, 0.1) is 18.2 Å². The van der Waals surface area contributed by atoms with Crippen molar-refractivity contribution in [1.29, 1.82) is 0 Å². The minimum Gasteiger partial charge on any atom is -0.444 e. The third-order valence-electron chi connectivity index (χ3n) is 4.71. The zero-order valence-electron chi connectivity index (χ0n) is 14.9. The Labute approximate surface area is 155 Å². The van der Waals surface area contributed by atoms with E-state index in [-0.39, 0.29) is 30.4 Å². The number of urea groups is 1. The SMILES string of the molecule is O=C(OCN1CCCN(/N=C/c2ccc([N+](=O)[O-])o2)C1=O)C1CCCCC1. The number of ether oxygens (including phenoxy) is 1. The minimum atomic E-state index is -0.647. The summed E-state index contributed by atoms with van der Waals surface area (Å²) in [5, 5.41) is 15.9. The lowest BCUT2D eigenvalue weighted by atomic mass is 9.89. The van der Waals surface area contributed by atoms with Gasteiger partial charge in [0.25, 0.3) is 0 Å². The molecule has 1 aromatic rings. The molecule has 0 spiro atoms. The van der Waals surface area contributed by atoms with Gasteiger partial charge in [-0.1, -0.05) is 19.3 Å². The first-order valence-electron chi connectivity index (χ1n) is 9.06. The van der Waals surface area contributed by atoms with Gasteiger partial charge in [0.2, 0.25) is 0 Å². The lowest BCUT2D eigenvalue weighted by Gasteiger charge is -2.32. The van der Waals surface area contributed by atoms with Crippen LogP contribution < -0.4 is 0 Å². The normalized spacial score (nSPS) is 18.9. The molecule has 1 aromatic heterocycles. The fourth-order valence-corrected chi connectivity index (χ4v) is 3.23. The molecule has 1 aliphatic heterocycles. The van der Waals surface area contributed by atoms with E-state index >= 15 is 0 Å². The highest BCUT2D eigenvalue weighted by Crippen LogP contribution is 2.24. The monoisotopic (exact) mass is 378 g/mol. The highest BCUT2D eigenvalue weighted by molar-refractivity contribution is 5.80. The second-order valence-electron chi connectivity index (χ2n) is 6.63. The Balaban J connectivity index is 1.52. The first kappa shape index (κ1) is 18.9. The van der Waals surface area contributed by atoms with Gasteiger partial charge in [0.1, 0.15) is 4.92 Å². The van der Waals surface area contributed by atoms with Gasteiger partial charge in [-0.05, 0) is 25.3 Å². The van der Waals surface area contributed by atoms with Crippen molar-refractivity contribution in [3.8, 4) is 0 Å². The van der Waals surface area contributed by atoms with Crippen molar-refractivity contribution in [2.24, 2.45) is 11.0 Å². The molecular weight excluding hydrogens is 356 g/mol. The number of rotatable bonds is 6. The summed E-state index contributed by atoms with van der Waals surface area (Å²) in [6.45, 7) is 0.798. The van der Waals surface area contributed by atoms with E-state index in [0.29, 0.717) is 19.5 Å². The number of carbonyl (C=O) groups excluding carboxylic acids is 2. The Morgan fingerprint density at radius 1 is 1.30 bits per heavy atom. The molecule has 2 amide bonds. The first-order chi connectivity index (χ1) is 13.0. The van der Waals surface area contributed by atoms with E-state index in [1.165, 1.54) is 28.3 Å². The molecule has 2 heterocycles. The molecule has 2 aliphatic rings. The van der Waals surface area contributed by atoms with Gasteiger partial charge >= 0.3 is 17.9 Å². The van der Waals surface area contributed by atoms with Crippen molar-refractivity contribution in [2.75, 3.05) is 19.8 Å². The van der Waals surface area contributed by atoms with Crippen molar-refractivity contribution < 1.29 is 23.7 Å². The third kappa shape index (κ3) is 4.83. The predicted octanol–water partition coefficient (Wildman–Crippen LogP) is 2.73. The zero-order chi connectivity index (χ0) is 19.2. The molecular formula is C17H22N4O6. The van der Waals surface area contributed by atoms with E-state index in [9.17, 15) is 19.7 Å². The van der Waals surface area contributed by atoms with E-state index in [4.69, 9.17) is 9.15 Å². The van der Waals surface area contributed by atoms with Crippen LogP contribution in [0.3, 0.4) is 0 Å². The molecule has 0 N–H and O–H groups in total. The molecule has 0 atom stereocenters. The summed E-state index contributed by atoms with van der Waals surface area (Å²) >= 11 is 0. The highest BCUT2D eigenvalue weighted by Gasteiger charge is 2.28. The van der Waals surface area contributed by atoms with Crippen LogP contribution in [0.4, 0.5) is 10.7 Å².